The Labute approximate surface area is 142 Å². The molecule has 0 unspecified atom stereocenters. The molecular weight excluding hydrogens is 302 g/mol. The molecule has 126 valence electrons. The van der Waals surface area contributed by atoms with E-state index in [-0.39, 0.29) is 11.9 Å². The van der Waals surface area contributed by atoms with E-state index in [9.17, 15) is 4.79 Å². The van der Waals surface area contributed by atoms with E-state index < -0.39 is 0 Å². The third-order valence-electron chi connectivity index (χ3n) is 4.51. The summed E-state index contributed by atoms with van der Waals surface area (Å²) in [6.07, 6.45) is 5.29. The molecule has 6 nitrogen and oxygen atoms in total. The van der Waals surface area contributed by atoms with Crippen molar-refractivity contribution < 1.29 is 4.79 Å². The lowest BCUT2D eigenvalue weighted by atomic mass is 10.00. The van der Waals surface area contributed by atoms with E-state index in [0.29, 0.717) is 5.56 Å². The smallest absolute Gasteiger partial charge is 0.251 e. The number of nitrogens with zero attached hydrogens (tertiary/aromatic N) is 4. The normalized spacial score (nSPS) is 19.2. The molecular formula is C18H23N5O. The summed E-state index contributed by atoms with van der Waals surface area (Å²) < 4.78 is 0. The first-order chi connectivity index (χ1) is 11.7. The van der Waals surface area contributed by atoms with E-state index in [1.165, 1.54) is 5.56 Å². The van der Waals surface area contributed by atoms with Gasteiger partial charge in [0.1, 0.15) is 6.33 Å². The summed E-state index contributed by atoms with van der Waals surface area (Å²) in [5.41, 5.74) is 3.00. The SMILES string of the molecule is CNC(=O)c1cccc([C@@H]2CN(Cc3cncnc3)CCN2C)c1. The fourth-order valence-electron chi connectivity index (χ4n) is 3.14. The second-order valence-corrected chi connectivity index (χ2v) is 6.18. The van der Waals surface area contributed by atoms with Crippen molar-refractivity contribution in [3.63, 3.8) is 0 Å². The Morgan fingerprint density at radius 1 is 1.29 bits per heavy atom. The minimum Gasteiger partial charge on any atom is -0.355 e. The molecule has 1 N–H and O–H groups in total. The number of aromatic nitrogens is 2. The van der Waals surface area contributed by atoms with Gasteiger partial charge in [-0.25, -0.2) is 9.97 Å². The number of likely N-dealkylation sites (N-methyl/N-ethyl adjacent to an activating group) is 1. The van der Waals surface area contributed by atoms with Gasteiger partial charge >= 0.3 is 0 Å². The lowest BCUT2D eigenvalue weighted by molar-refractivity contribution is 0.0899. The number of amides is 1. The van der Waals surface area contributed by atoms with Crippen LogP contribution in [0.2, 0.25) is 0 Å². The summed E-state index contributed by atoms with van der Waals surface area (Å²) in [4.78, 5) is 24.8. The highest BCUT2D eigenvalue weighted by molar-refractivity contribution is 5.94. The number of hydrogen-bond donors (Lipinski definition) is 1. The quantitative estimate of drug-likeness (QED) is 0.919. The van der Waals surface area contributed by atoms with E-state index in [4.69, 9.17) is 0 Å². The van der Waals surface area contributed by atoms with Crippen LogP contribution in [0.15, 0.2) is 43.0 Å². The zero-order valence-electron chi connectivity index (χ0n) is 14.1. The van der Waals surface area contributed by atoms with Gasteiger partial charge < -0.3 is 5.32 Å². The van der Waals surface area contributed by atoms with Crippen LogP contribution in [0.4, 0.5) is 0 Å². The van der Waals surface area contributed by atoms with Gasteiger partial charge in [0.2, 0.25) is 0 Å². The molecule has 0 saturated carbocycles. The number of piperazine rings is 1. The van der Waals surface area contributed by atoms with Crippen molar-refractivity contribution in [2.45, 2.75) is 12.6 Å². The standard InChI is InChI=1S/C18H23N5O/c1-19-18(24)16-5-3-4-15(8-16)17-12-23(7-6-22(17)2)11-14-9-20-13-21-10-14/h3-5,8-10,13,17H,6-7,11-12H2,1-2H3,(H,19,24)/t17-/m0/s1. The number of hydrogen-bond acceptors (Lipinski definition) is 5. The summed E-state index contributed by atoms with van der Waals surface area (Å²) in [5.74, 6) is -0.0476. The Kier molecular flexibility index (Phi) is 5.17. The average Bonchev–Trinajstić information content (AvgIpc) is 2.63. The average molecular weight is 325 g/mol. The summed E-state index contributed by atoms with van der Waals surface area (Å²) in [6.45, 7) is 3.77. The van der Waals surface area contributed by atoms with Gasteiger partial charge in [-0.1, -0.05) is 12.1 Å². The third-order valence-corrected chi connectivity index (χ3v) is 4.51. The minimum absolute atomic E-state index is 0.0476. The molecule has 1 amide bonds. The maximum Gasteiger partial charge on any atom is 0.251 e. The largest absolute Gasteiger partial charge is 0.355 e. The molecule has 6 heteroatoms. The molecule has 1 aliphatic rings. The Balaban J connectivity index is 1.75. The van der Waals surface area contributed by atoms with Gasteiger partial charge in [0.15, 0.2) is 0 Å². The minimum atomic E-state index is -0.0476. The van der Waals surface area contributed by atoms with Crippen LogP contribution in [0.1, 0.15) is 27.5 Å². The van der Waals surface area contributed by atoms with Crippen molar-refractivity contribution in [2.75, 3.05) is 33.7 Å². The highest BCUT2D eigenvalue weighted by atomic mass is 16.1. The van der Waals surface area contributed by atoms with Gasteiger partial charge in [0.05, 0.1) is 0 Å². The number of rotatable bonds is 4. The van der Waals surface area contributed by atoms with E-state index >= 15 is 0 Å². The number of carbonyl (C=O) groups is 1. The number of benzene rings is 1. The van der Waals surface area contributed by atoms with Crippen molar-refractivity contribution in [1.82, 2.24) is 25.1 Å². The molecule has 24 heavy (non-hydrogen) atoms. The Hall–Kier alpha value is -2.31. The molecule has 0 aliphatic carbocycles. The second-order valence-electron chi connectivity index (χ2n) is 6.18. The Morgan fingerprint density at radius 2 is 2.08 bits per heavy atom. The van der Waals surface area contributed by atoms with Crippen LogP contribution in [-0.2, 0) is 6.54 Å². The maximum absolute atomic E-state index is 11.9. The fourth-order valence-corrected chi connectivity index (χ4v) is 3.14. The highest BCUT2D eigenvalue weighted by Gasteiger charge is 2.26. The van der Waals surface area contributed by atoms with E-state index in [0.717, 1.165) is 31.7 Å². The Morgan fingerprint density at radius 3 is 2.83 bits per heavy atom. The van der Waals surface area contributed by atoms with Crippen molar-refractivity contribution in [3.05, 3.63) is 59.7 Å². The predicted molar refractivity (Wildman–Crippen MR) is 92.5 cm³/mol. The van der Waals surface area contributed by atoms with Crippen molar-refractivity contribution in [2.24, 2.45) is 0 Å². The van der Waals surface area contributed by atoms with Gasteiger partial charge in [-0.15, -0.1) is 0 Å². The molecule has 2 heterocycles. The maximum atomic E-state index is 11.9. The van der Waals surface area contributed by atoms with Crippen LogP contribution in [-0.4, -0.2) is 59.4 Å². The van der Waals surface area contributed by atoms with Crippen molar-refractivity contribution >= 4 is 5.91 Å². The van der Waals surface area contributed by atoms with Crippen molar-refractivity contribution in [3.8, 4) is 0 Å². The zero-order valence-corrected chi connectivity index (χ0v) is 14.1. The summed E-state index contributed by atoms with van der Waals surface area (Å²) in [5, 5.41) is 2.69. The van der Waals surface area contributed by atoms with Gasteiger partial charge in [-0.3, -0.25) is 14.6 Å². The lowest BCUT2D eigenvalue weighted by Gasteiger charge is -2.39. The molecule has 1 aliphatic heterocycles. The molecule has 0 spiro atoms. The van der Waals surface area contributed by atoms with E-state index in [1.54, 1.807) is 13.4 Å². The van der Waals surface area contributed by atoms with Crippen LogP contribution in [0, 0.1) is 0 Å². The van der Waals surface area contributed by atoms with E-state index in [1.807, 2.05) is 30.6 Å². The first-order valence-corrected chi connectivity index (χ1v) is 8.16. The molecule has 0 radical (unpaired) electrons. The molecule has 2 aromatic rings. The molecule has 1 fully saturated rings. The predicted octanol–water partition coefficient (Wildman–Crippen LogP) is 1.32. The monoisotopic (exact) mass is 325 g/mol. The molecule has 1 aromatic heterocycles. The second kappa shape index (κ2) is 7.51. The molecule has 3 rings (SSSR count). The Bertz CT molecular complexity index is 691. The van der Waals surface area contributed by atoms with Gasteiger partial charge in [-0.2, -0.15) is 0 Å². The lowest BCUT2D eigenvalue weighted by Crippen LogP contribution is -2.46. The van der Waals surface area contributed by atoms with Gasteiger partial charge in [-0.05, 0) is 24.7 Å². The zero-order chi connectivity index (χ0) is 16.9. The third kappa shape index (κ3) is 3.77. The first-order valence-electron chi connectivity index (χ1n) is 8.16. The van der Waals surface area contributed by atoms with Gasteiger partial charge in [0, 0.05) is 62.8 Å². The number of carbonyl (C=O) groups excluding carboxylic acids is 1. The molecule has 1 atom stereocenters. The van der Waals surface area contributed by atoms with Crippen LogP contribution in [0.3, 0.4) is 0 Å². The highest BCUT2D eigenvalue weighted by Crippen LogP contribution is 2.25. The summed E-state index contributed by atoms with van der Waals surface area (Å²) in [7, 11) is 3.80. The summed E-state index contributed by atoms with van der Waals surface area (Å²) in [6, 6.07) is 8.17. The van der Waals surface area contributed by atoms with Crippen LogP contribution in [0.5, 0.6) is 0 Å². The molecule has 1 saturated heterocycles. The van der Waals surface area contributed by atoms with E-state index in [2.05, 4.69) is 38.2 Å². The summed E-state index contributed by atoms with van der Waals surface area (Å²) >= 11 is 0. The number of nitrogens with one attached hydrogen (secondary N) is 1. The van der Waals surface area contributed by atoms with Crippen LogP contribution in [0.25, 0.3) is 0 Å². The molecule has 1 aromatic carbocycles. The topological polar surface area (TPSA) is 61.4 Å². The van der Waals surface area contributed by atoms with Gasteiger partial charge in [0.25, 0.3) is 5.91 Å². The fraction of sp³-hybridized carbons (Fsp3) is 0.389. The molecule has 0 bridgehead atoms. The van der Waals surface area contributed by atoms with Crippen LogP contribution >= 0.6 is 0 Å². The first kappa shape index (κ1) is 16.5. The van der Waals surface area contributed by atoms with Crippen LogP contribution < -0.4 is 5.32 Å². The van der Waals surface area contributed by atoms with Crippen molar-refractivity contribution in [1.29, 1.82) is 0 Å².